The van der Waals surface area contributed by atoms with Crippen molar-refractivity contribution in [1.82, 2.24) is 0 Å². The summed E-state index contributed by atoms with van der Waals surface area (Å²) in [4.78, 5) is 26.4. The van der Waals surface area contributed by atoms with Gasteiger partial charge in [-0.1, -0.05) is 46.2 Å². The van der Waals surface area contributed by atoms with Crippen molar-refractivity contribution in [2.45, 2.75) is 53.0 Å². The molecule has 20 heavy (non-hydrogen) atoms. The number of anilines is 1. The topological polar surface area (TPSA) is 37.4 Å². The van der Waals surface area contributed by atoms with Crippen molar-refractivity contribution in [2.75, 3.05) is 4.90 Å². The predicted octanol–water partition coefficient (Wildman–Crippen LogP) is 3.77. The van der Waals surface area contributed by atoms with Gasteiger partial charge in [-0.05, 0) is 30.4 Å². The van der Waals surface area contributed by atoms with Gasteiger partial charge in [0.25, 0.3) is 11.7 Å². The van der Waals surface area contributed by atoms with E-state index < -0.39 is 0 Å². The molecule has 1 aliphatic heterocycles. The van der Waals surface area contributed by atoms with E-state index in [9.17, 15) is 9.59 Å². The molecule has 2 unspecified atom stereocenters. The van der Waals surface area contributed by atoms with Crippen molar-refractivity contribution in [3.05, 3.63) is 29.3 Å². The van der Waals surface area contributed by atoms with Crippen LogP contribution in [-0.4, -0.2) is 17.7 Å². The number of nitrogens with zero attached hydrogens (tertiary/aromatic N) is 1. The third-order valence-corrected chi connectivity index (χ3v) is 4.47. The van der Waals surface area contributed by atoms with Crippen molar-refractivity contribution in [3.8, 4) is 0 Å². The molecule has 3 heteroatoms. The summed E-state index contributed by atoms with van der Waals surface area (Å²) in [7, 11) is 0. The largest absolute Gasteiger partial charge is 0.302 e. The Kier molecular flexibility index (Phi) is 3.98. The number of carbonyl (C=O) groups is 2. The average molecular weight is 273 g/mol. The van der Waals surface area contributed by atoms with Crippen LogP contribution in [0.5, 0.6) is 0 Å². The standard InChI is InChI=1S/C17H23NO2/c1-6-11(4)12(5)18-14-9-7-8-13(10(2)3)15(14)16(19)17(18)20/h7-12H,6H2,1-5H3. The second kappa shape index (κ2) is 5.39. The maximum atomic E-state index is 12.4. The molecule has 1 aliphatic rings. The Morgan fingerprint density at radius 1 is 1.10 bits per heavy atom. The van der Waals surface area contributed by atoms with Crippen LogP contribution in [-0.2, 0) is 4.79 Å². The van der Waals surface area contributed by atoms with E-state index in [4.69, 9.17) is 0 Å². The first-order valence-electron chi connectivity index (χ1n) is 7.40. The van der Waals surface area contributed by atoms with Gasteiger partial charge < -0.3 is 4.90 Å². The maximum absolute atomic E-state index is 12.4. The van der Waals surface area contributed by atoms with Gasteiger partial charge in [0.1, 0.15) is 0 Å². The van der Waals surface area contributed by atoms with Crippen LogP contribution >= 0.6 is 0 Å². The van der Waals surface area contributed by atoms with Gasteiger partial charge in [0.2, 0.25) is 0 Å². The molecule has 1 heterocycles. The summed E-state index contributed by atoms with van der Waals surface area (Å²) in [5, 5.41) is 0. The average Bonchev–Trinajstić information content (AvgIpc) is 2.69. The molecule has 0 radical (unpaired) electrons. The Labute approximate surface area is 121 Å². The predicted molar refractivity (Wildman–Crippen MR) is 81.3 cm³/mol. The summed E-state index contributed by atoms with van der Waals surface area (Å²) in [6, 6.07) is 5.82. The normalized spacial score (nSPS) is 17.6. The van der Waals surface area contributed by atoms with Crippen LogP contribution in [0.3, 0.4) is 0 Å². The lowest BCUT2D eigenvalue weighted by atomic mass is 9.94. The van der Waals surface area contributed by atoms with Crippen molar-refractivity contribution in [3.63, 3.8) is 0 Å². The Balaban J connectivity index is 2.54. The first-order chi connectivity index (χ1) is 9.40. The monoisotopic (exact) mass is 273 g/mol. The number of carbonyl (C=O) groups excluding carboxylic acids is 2. The fourth-order valence-electron chi connectivity index (χ4n) is 2.81. The van der Waals surface area contributed by atoms with Crippen LogP contribution in [0, 0.1) is 5.92 Å². The summed E-state index contributed by atoms with van der Waals surface area (Å²) in [5.74, 6) is -0.124. The van der Waals surface area contributed by atoms with Gasteiger partial charge in [-0.15, -0.1) is 0 Å². The number of Topliss-reactive ketones (excluding diaryl/α,β-unsaturated/α-hetero) is 1. The highest BCUT2D eigenvalue weighted by Gasteiger charge is 2.41. The van der Waals surface area contributed by atoms with E-state index in [1.807, 2.05) is 39.0 Å². The molecule has 0 bridgehead atoms. The zero-order valence-electron chi connectivity index (χ0n) is 12.9. The zero-order chi connectivity index (χ0) is 15.0. The van der Waals surface area contributed by atoms with E-state index >= 15 is 0 Å². The van der Waals surface area contributed by atoms with Crippen molar-refractivity contribution in [2.24, 2.45) is 5.92 Å². The van der Waals surface area contributed by atoms with Crippen LogP contribution in [0.1, 0.15) is 62.9 Å². The summed E-state index contributed by atoms with van der Waals surface area (Å²) < 4.78 is 0. The minimum atomic E-state index is -0.374. The molecule has 0 spiro atoms. The lowest BCUT2D eigenvalue weighted by Crippen LogP contribution is -2.41. The molecule has 1 aromatic carbocycles. The minimum absolute atomic E-state index is 0.0418. The van der Waals surface area contributed by atoms with Gasteiger partial charge in [-0.3, -0.25) is 9.59 Å². The number of hydrogen-bond acceptors (Lipinski definition) is 2. The molecule has 0 aliphatic carbocycles. The van der Waals surface area contributed by atoms with Crippen LogP contribution in [0.15, 0.2) is 18.2 Å². The first-order valence-corrected chi connectivity index (χ1v) is 7.40. The van der Waals surface area contributed by atoms with Gasteiger partial charge >= 0.3 is 0 Å². The van der Waals surface area contributed by atoms with E-state index in [1.165, 1.54) is 0 Å². The molecule has 2 atom stereocenters. The van der Waals surface area contributed by atoms with Crippen molar-refractivity contribution in [1.29, 1.82) is 0 Å². The number of benzene rings is 1. The molecule has 0 saturated carbocycles. The first kappa shape index (κ1) is 14.8. The molecular formula is C17H23NO2. The number of fused-ring (bicyclic) bond motifs is 1. The molecule has 108 valence electrons. The Bertz CT molecular complexity index is 548. The Morgan fingerprint density at radius 3 is 2.30 bits per heavy atom. The van der Waals surface area contributed by atoms with E-state index in [2.05, 4.69) is 13.8 Å². The number of rotatable bonds is 4. The molecule has 1 amide bonds. The minimum Gasteiger partial charge on any atom is -0.302 e. The Morgan fingerprint density at radius 2 is 1.75 bits per heavy atom. The molecule has 0 aromatic heterocycles. The molecule has 2 rings (SSSR count). The van der Waals surface area contributed by atoms with E-state index in [0.29, 0.717) is 11.5 Å². The highest BCUT2D eigenvalue weighted by Crippen LogP contribution is 2.37. The van der Waals surface area contributed by atoms with E-state index in [1.54, 1.807) is 4.90 Å². The summed E-state index contributed by atoms with van der Waals surface area (Å²) >= 11 is 0. The molecule has 3 nitrogen and oxygen atoms in total. The van der Waals surface area contributed by atoms with Crippen molar-refractivity contribution < 1.29 is 9.59 Å². The quantitative estimate of drug-likeness (QED) is 0.783. The van der Waals surface area contributed by atoms with Gasteiger partial charge in [0, 0.05) is 6.04 Å². The highest BCUT2D eigenvalue weighted by molar-refractivity contribution is 6.52. The van der Waals surface area contributed by atoms with Gasteiger partial charge in [0.05, 0.1) is 11.3 Å². The lowest BCUT2D eigenvalue weighted by molar-refractivity contribution is -0.114. The van der Waals surface area contributed by atoms with Crippen LogP contribution in [0.4, 0.5) is 5.69 Å². The van der Waals surface area contributed by atoms with Crippen LogP contribution in [0.2, 0.25) is 0 Å². The summed E-state index contributed by atoms with van der Waals surface area (Å²) in [6.07, 6.45) is 0.984. The lowest BCUT2D eigenvalue weighted by Gasteiger charge is -2.29. The number of amides is 1. The summed E-state index contributed by atoms with van der Waals surface area (Å²) in [6.45, 7) is 10.3. The third-order valence-electron chi connectivity index (χ3n) is 4.47. The molecule has 0 fully saturated rings. The fraction of sp³-hybridized carbons (Fsp3) is 0.529. The number of hydrogen-bond donors (Lipinski definition) is 0. The van der Waals surface area contributed by atoms with E-state index in [-0.39, 0.29) is 23.7 Å². The number of ketones is 1. The smallest absolute Gasteiger partial charge is 0.299 e. The molecule has 0 N–H and O–H groups in total. The second-order valence-corrected chi connectivity index (χ2v) is 6.03. The molecule has 0 saturated heterocycles. The van der Waals surface area contributed by atoms with Gasteiger partial charge in [0.15, 0.2) is 0 Å². The molecule has 1 aromatic rings. The van der Waals surface area contributed by atoms with Gasteiger partial charge in [-0.25, -0.2) is 0 Å². The zero-order valence-corrected chi connectivity index (χ0v) is 12.9. The Hall–Kier alpha value is -1.64. The maximum Gasteiger partial charge on any atom is 0.299 e. The highest BCUT2D eigenvalue weighted by atomic mass is 16.2. The van der Waals surface area contributed by atoms with Gasteiger partial charge in [-0.2, -0.15) is 0 Å². The second-order valence-electron chi connectivity index (χ2n) is 6.03. The SMILES string of the molecule is CCC(C)C(C)N1C(=O)C(=O)c2c(C(C)C)cccc21. The van der Waals surface area contributed by atoms with Crippen LogP contribution < -0.4 is 4.90 Å². The third kappa shape index (κ3) is 2.15. The fourth-order valence-corrected chi connectivity index (χ4v) is 2.81. The van der Waals surface area contributed by atoms with E-state index in [0.717, 1.165) is 17.7 Å². The van der Waals surface area contributed by atoms with Crippen LogP contribution in [0.25, 0.3) is 0 Å². The molecular weight excluding hydrogens is 250 g/mol. The summed E-state index contributed by atoms with van der Waals surface area (Å²) in [5.41, 5.74) is 2.38. The van der Waals surface area contributed by atoms with Crippen molar-refractivity contribution >= 4 is 17.4 Å².